The van der Waals surface area contributed by atoms with Crippen LogP contribution >= 0.6 is 0 Å². The fourth-order valence-corrected chi connectivity index (χ4v) is 2.67. The van der Waals surface area contributed by atoms with E-state index in [-0.39, 0.29) is 29.7 Å². The molecule has 1 aromatic carbocycles. The molecule has 0 radical (unpaired) electrons. The van der Waals surface area contributed by atoms with E-state index >= 15 is 0 Å². The highest BCUT2D eigenvalue weighted by molar-refractivity contribution is 5.94. The Morgan fingerprint density at radius 1 is 1.19 bits per heavy atom. The number of fused-ring (bicyclic) bond motifs is 1. The number of carbonyl (C=O) groups excluding carboxylic acids is 2. The summed E-state index contributed by atoms with van der Waals surface area (Å²) >= 11 is 0. The number of halogens is 1. The minimum absolute atomic E-state index is 0.184. The average Bonchev–Trinajstić information content (AvgIpc) is 3.08. The van der Waals surface area contributed by atoms with E-state index in [1.807, 2.05) is 6.92 Å². The first-order valence-electron chi connectivity index (χ1n) is 8.01. The monoisotopic (exact) mass is 355 g/mol. The molecular weight excluding hydrogens is 337 g/mol. The van der Waals surface area contributed by atoms with Gasteiger partial charge in [-0.1, -0.05) is 18.2 Å². The van der Waals surface area contributed by atoms with Crippen molar-refractivity contribution in [3.8, 4) is 0 Å². The van der Waals surface area contributed by atoms with E-state index in [1.165, 1.54) is 23.8 Å². The van der Waals surface area contributed by atoms with Crippen molar-refractivity contribution in [3.63, 3.8) is 0 Å². The van der Waals surface area contributed by atoms with Crippen molar-refractivity contribution >= 4 is 17.5 Å². The zero-order chi connectivity index (χ0) is 18.8. The minimum atomic E-state index is -0.513. The normalized spacial score (nSPS) is 10.8. The minimum Gasteiger partial charge on any atom is -0.464 e. The zero-order valence-corrected chi connectivity index (χ0v) is 14.7. The molecule has 2 aromatic heterocycles. The summed E-state index contributed by atoms with van der Waals surface area (Å²) in [6.45, 7) is 3.75. The maximum Gasteiger partial charge on any atom is 0.355 e. The molecule has 0 spiro atoms. The molecule has 7 heteroatoms. The Labute approximate surface area is 149 Å². The number of amides is 1. The molecule has 1 N–H and O–H groups in total. The van der Waals surface area contributed by atoms with Crippen molar-refractivity contribution in [1.82, 2.24) is 14.7 Å². The number of nitrogens with one attached hydrogen (secondary N) is 1. The van der Waals surface area contributed by atoms with Gasteiger partial charge in [0.1, 0.15) is 22.9 Å². The Kier molecular flexibility index (Phi) is 4.71. The number of pyridine rings is 1. The third-order valence-electron chi connectivity index (χ3n) is 4.11. The van der Waals surface area contributed by atoms with Crippen LogP contribution in [0.1, 0.15) is 37.7 Å². The smallest absolute Gasteiger partial charge is 0.355 e. The highest BCUT2D eigenvalue weighted by atomic mass is 19.1. The fourth-order valence-electron chi connectivity index (χ4n) is 2.67. The van der Waals surface area contributed by atoms with E-state index < -0.39 is 5.97 Å². The molecule has 134 valence electrons. The number of aromatic nitrogens is 2. The highest BCUT2D eigenvalue weighted by Gasteiger charge is 2.17. The number of rotatable bonds is 4. The summed E-state index contributed by atoms with van der Waals surface area (Å²) in [6.07, 6.45) is 1.50. The largest absolute Gasteiger partial charge is 0.464 e. The molecule has 26 heavy (non-hydrogen) atoms. The van der Waals surface area contributed by atoms with Gasteiger partial charge in [0.15, 0.2) is 0 Å². The standard InChI is InChI=1S/C19H18FN3O3/c1-11-4-7-16(19(25)26-3)23-10-15(22-17(11)23)18(24)21-9-13-5-6-14(20)12(2)8-13/h4-8,10H,9H2,1-3H3,(H,21,24). The predicted octanol–water partition coefficient (Wildman–Crippen LogP) is 2.81. The van der Waals surface area contributed by atoms with E-state index in [9.17, 15) is 14.0 Å². The number of esters is 1. The molecule has 3 aromatic rings. The second kappa shape index (κ2) is 6.95. The van der Waals surface area contributed by atoms with Crippen molar-refractivity contribution in [2.75, 3.05) is 7.11 Å². The molecule has 0 bridgehead atoms. The van der Waals surface area contributed by atoms with Crippen molar-refractivity contribution < 1.29 is 18.7 Å². The molecule has 0 aliphatic heterocycles. The molecule has 0 saturated carbocycles. The van der Waals surface area contributed by atoms with Gasteiger partial charge in [0.05, 0.1) is 7.11 Å². The maximum absolute atomic E-state index is 13.3. The lowest BCUT2D eigenvalue weighted by molar-refractivity contribution is 0.0592. The second-order valence-corrected chi connectivity index (χ2v) is 5.98. The number of hydrogen-bond donors (Lipinski definition) is 1. The molecule has 0 atom stereocenters. The van der Waals surface area contributed by atoms with Crippen molar-refractivity contribution in [2.45, 2.75) is 20.4 Å². The summed E-state index contributed by atoms with van der Waals surface area (Å²) in [5.74, 6) is -1.18. The number of methoxy groups -OCH3 is 1. The van der Waals surface area contributed by atoms with Gasteiger partial charge < -0.3 is 10.1 Å². The van der Waals surface area contributed by atoms with Gasteiger partial charge >= 0.3 is 5.97 Å². The lowest BCUT2D eigenvalue weighted by Crippen LogP contribution is -2.23. The maximum atomic E-state index is 13.3. The van der Waals surface area contributed by atoms with Crippen LogP contribution in [0, 0.1) is 19.7 Å². The zero-order valence-electron chi connectivity index (χ0n) is 14.7. The number of carbonyl (C=O) groups is 2. The summed E-state index contributed by atoms with van der Waals surface area (Å²) < 4.78 is 19.6. The molecule has 0 aliphatic carbocycles. The highest BCUT2D eigenvalue weighted by Crippen LogP contribution is 2.15. The van der Waals surface area contributed by atoms with Crippen molar-refractivity contribution in [3.05, 3.63) is 70.4 Å². The van der Waals surface area contributed by atoms with E-state index in [0.717, 1.165) is 11.1 Å². The number of hydrogen-bond acceptors (Lipinski definition) is 4. The van der Waals surface area contributed by atoms with Crippen LogP contribution in [0.25, 0.3) is 5.65 Å². The second-order valence-electron chi connectivity index (χ2n) is 5.98. The Bertz CT molecular complexity index is 1010. The van der Waals surface area contributed by atoms with E-state index in [4.69, 9.17) is 4.74 Å². The molecule has 3 rings (SSSR count). The van der Waals surface area contributed by atoms with Crippen molar-refractivity contribution in [1.29, 1.82) is 0 Å². The van der Waals surface area contributed by atoms with Crippen LogP contribution in [-0.2, 0) is 11.3 Å². The van der Waals surface area contributed by atoms with Gasteiger partial charge in [0.25, 0.3) is 5.91 Å². The summed E-state index contributed by atoms with van der Waals surface area (Å²) in [7, 11) is 1.29. The molecule has 0 unspecified atom stereocenters. The van der Waals surface area contributed by atoms with Crippen LogP contribution in [0.4, 0.5) is 4.39 Å². The molecule has 0 saturated heterocycles. The number of benzene rings is 1. The Balaban J connectivity index is 1.85. The van der Waals surface area contributed by atoms with Gasteiger partial charge in [-0.3, -0.25) is 9.20 Å². The number of imidazole rings is 1. The molecule has 1 amide bonds. The average molecular weight is 355 g/mol. The summed E-state index contributed by atoms with van der Waals surface area (Å²) in [5.41, 5.74) is 3.11. The van der Waals surface area contributed by atoms with E-state index in [0.29, 0.717) is 11.2 Å². The van der Waals surface area contributed by atoms with Gasteiger partial charge in [-0.25, -0.2) is 14.2 Å². The first-order chi connectivity index (χ1) is 12.4. The van der Waals surface area contributed by atoms with Gasteiger partial charge in [-0.05, 0) is 42.7 Å². The number of aryl methyl sites for hydroxylation is 2. The third-order valence-corrected chi connectivity index (χ3v) is 4.11. The lowest BCUT2D eigenvalue weighted by Gasteiger charge is -2.05. The van der Waals surface area contributed by atoms with E-state index in [2.05, 4.69) is 10.3 Å². The molecule has 6 nitrogen and oxygen atoms in total. The quantitative estimate of drug-likeness (QED) is 0.731. The van der Waals surface area contributed by atoms with Crippen LogP contribution < -0.4 is 5.32 Å². The SMILES string of the molecule is COC(=O)c1ccc(C)c2nc(C(=O)NCc3ccc(F)c(C)c3)cn12. The van der Waals surface area contributed by atoms with Crippen LogP contribution in [0.5, 0.6) is 0 Å². The Morgan fingerprint density at radius 3 is 2.65 bits per heavy atom. The van der Waals surface area contributed by atoms with E-state index in [1.54, 1.807) is 31.2 Å². The van der Waals surface area contributed by atoms with Gasteiger partial charge in [-0.2, -0.15) is 0 Å². The summed E-state index contributed by atoms with van der Waals surface area (Å²) in [4.78, 5) is 28.6. The predicted molar refractivity (Wildman–Crippen MR) is 93.6 cm³/mol. The first kappa shape index (κ1) is 17.6. The van der Waals surface area contributed by atoms with Crippen LogP contribution in [0.3, 0.4) is 0 Å². The lowest BCUT2D eigenvalue weighted by atomic mass is 10.1. The Hall–Kier alpha value is -3.22. The summed E-state index contributed by atoms with van der Waals surface area (Å²) in [5, 5.41) is 2.75. The molecule has 0 fully saturated rings. The number of ether oxygens (including phenoxy) is 1. The van der Waals surface area contributed by atoms with Crippen LogP contribution in [0.15, 0.2) is 36.5 Å². The van der Waals surface area contributed by atoms with Crippen LogP contribution in [-0.4, -0.2) is 28.4 Å². The first-order valence-corrected chi connectivity index (χ1v) is 8.01. The Morgan fingerprint density at radius 2 is 1.96 bits per heavy atom. The molecular formula is C19H18FN3O3. The van der Waals surface area contributed by atoms with Gasteiger partial charge in [-0.15, -0.1) is 0 Å². The third kappa shape index (κ3) is 3.28. The van der Waals surface area contributed by atoms with Crippen molar-refractivity contribution in [2.24, 2.45) is 0 Å². The van der Waals surface area contributed by atoms with Crippen LogP contribution in [0.2, 0.25) is 0 Å². The molecule has 0 aliphatic rings. The fraction of sp³-hybridized carbons (Fsp3) is 0.211. The molecule has 2 heterocycles. The van der Waals surface area contributed by atoms with Gasteiger partial charge in [0, 0.05) is 12.7 Å². The summed E-state index contributed by atoms with van der Waals surface area (Å²) in [6, 6.07) is 8.04. The number of nitrogens with zero attached hydrogens (tertiary/aromatic N) is 2. The topological polar surface area (TPSA) is 72.7 Å². The van der Waals surface area contributed by atoms with Gasteiger partial charge in [0.2, 0.25) is 0 Å².